The fourth-order valence-electron chi connectivity index (χ4n) is 2.20. The standard InChI is InChI=1S/C15H17N3O3S/c1-18(8-9-22(3,19)20)15-12-7-5-4-6-11(12)14(21-2)13(10-16)17-15/h4-7H,8-9H2,1-3H3. The first-order chi connectivity index (χ1) is 10.4. The van der Waals surface area contributed by atoms with Gasteiger partial charge in [-0.1, -0.05) is 24.3 Å². The van der Waals surface area contributed by atoms with Gasteiger partial charge in [-0.2, -0.15) is 5.26 Å². The average molecular weight is 319 g/mol. The Morgan fingerprint density at radius 1 is 1.32 bits per heavy atom. The minimum atomic E-state index is -3.07. The number of anilines is 1. The number of rotatable bonds is 5. The zero-order valence-electron chi connectivity index (χ0n) is 12.7. The molecular formula is C15H17N3O3S. The van der Waals surface area contributed by atoms with Crippen molar-refractivity contribution in [3.63, 3.8) is 0 Å². The Morgan fingerprint density at radius 3 is 2.50 bits per heavy atom. The molecule has 0 N–H and O–H groups in total. The minimum absolute atomic E-state index is 0.0213. The Labute approximate surface area is 129 Å². The lowest BCUT2D eigenvalue weighted by molar-refractivity contribution is 0.416. The first kappa shape index (κ1) is 16.0. The summed E-state index contributed by atoms with van der Waals surface area (Å²) in [5.41, 5.74) is 0.183. The largest absolute Gasteiger partial charge is 0.493 e. The maximum atomic E-state index is 11.3. The van der Waals surface area contributed by atoms with Crippen molar-refractivity contribution in [3.8, 4) is 11.8 Å². The summed E-state index contributed by atoms with van der Waals surface area (Å²) in [6.45, 7) is 0.299. The van der Waals surface area contributed by atoms with Gasteiger partial charge < -0.3 is 9.64 Å². The molecule has 0 aliphatic rings. The Morgan fingerprint density at radius 2 is 1.95 bits per heavy atom. The van der Waals surface area contributed by atoms with E-state index in [2.05, 4.69) is 4.98 Å². The van der Waals surface area contributed by atoms with Crippen molar-refractivity contribution < 1.29 is 13.2 Å². The highest BCUT2D eigenvalue weighted by Gasteiger charge is 2.17. The van der Waals surface area contributed by atoms with Gasteiger partial charge >= 0.3 is 0 Å². The van der Waals surface area contributed by atoms with E-state index < -0.39 is 9.84 Å². The number of ether oxygens (including phenoxy) is 1. The molecule has 0 spiro atoms. The minimum Gasteiger partial charge on any atom is -0.493 e. The number of hydrogen-bond acceptors (Lipinski definition) is 6. The highest BCUT2D eigenvalue weighted by atomic mass is 32.2. The summed E-state index contributed by atoms with van der Waals surface area (Å²) in [4.78, 5) is 6.08. The number of methoxy groups -OCH3 is 1. The number of pyridine rings is 1. The summed E-state index contributed by atoms with van der Waals surface area (Å²) in [5, 5.41) is 10.9. The number of nitriles is 1. The van der Waals surface area contributed by atoms with E-state index in [0.29, 0.717) is 18.1 Å². The Hall–Kier alpha value is -2.33. The summed E-state index contributed by atoms with van der Waals surface area (Å²) >= 11 is 0. The van der Waals surface area contributed by atoms with Crippen molar-refractivity contribution in [2.24, 2.45) is 0 Å². The molecule has 22 heavy (non-hydrogen) atoms. The smallest absolute Gasteiger partial charge is 0.185 e. The van der Waals surface area contributed by atoms with E-state index in [4.69, 9.17) is 4.74 Å². The van der Waals surface area contributed by atoms with Gasteiger partial charge in [0.05, 0.1) is 12.9 Å². The van der Waals surface area contributed by atoms with Crippen molar-refractivity contribution in [1.82, 2.24) is 4.98 Å². The van der Waals surface area contributed by atoms with E-state index in [-0.39, 0.29) is 11.4 Å². The molecule has 6 nitrogen and oxygen atoms in total. The van der Waals surface area contributed by atoms with Crippen molar-refractivity contribution in [3.05, 3.63) is 30.0 Å². The van der Waals surface area contributed by atoms with Gasteiger partial charge in [0.25, 0.3) is 0 Å². The van der Waals surface area contributed by atoms with Crippen LogP contribution < -0.4 is 9.64 Å². The zero-order valence-corrected chi connectivity index (χ0v) is 13.5. The summed E-state index contributed by atoms with van der Waals surface area (Å²) in [6.07, 6.45) is 1.20. The second-order valence-electron chi connectivity index (χ2n) is 5.03. The third-order valence-electron chi connectivity index (χ3n) is 3.31. The Kier molecular flexibility index (Phi) is 4.52. The highest BCUT2D eigenvalue weighted by Crippen LogP contribution is 2.33. The third kappa shape index (κ3) is 3.28. The van der Waals surface area contributed by atoms with Gasteiger partial charge in [0.1, 0.15) is 21.7 Å². The predicted octanol–water partition coefficient (Wildman–Crippen LogP) is 1.60. The van der Waals surface area contributed by atoms with Crippen LogP contribution in [0.15, 0.2) is 24.3 Å². The van der Waals surface area contributed by atoms with E-state index >= 15 is 0 Å². The van der Waals surface area contributed by atoms with Gasteiger partial charge in [0.2, 0.25) is 0 Å². The molecule has 2 rings (SSSR count). The molecule has 0 saturated heterocycles. The van der Waals surface area contributed by atoms with Crippen LogP contribution >= 0.6 is 0 Å². The van der Waals surface area contributed by atoms with Crippen LogP contribution in [0, 0.1) is 11.3 Å². The van der Waals surface area contributed by atoms with E-state index in [1.807, 2.05) is 30.3 Å². The normalized spacial score (nSPS) is 11.2. The lowest BCUT2D eigenvalue weighted by Gasteiger charge is -2.21. The predicted molar refractivity (Wildman–Crippen MR) is 86.0 cm³/mol. The molecule has 116 valence electrons. The molecule has 2 aromatic rings. The van der Waals surface area contributed by atoms with Crippen molar-refractivity contribution >= 4 is 26.4 Å². The molecule has 0 amide bonds. The second kappa shape index (κ2) is 6.20. The molecule has 7 heteroatoms. The number of hydrogen-bond donors (Lipinski definition) is 0. The van der Waals surface area contributed by atoms with Gasteiger partial charge in [-0.25, -0.2) is 13.4 Å². The average Bonchev–Trinajstić information content (AvgIpc) is 2.50. The van der Waals surface area contributed by atoms with Crippen LogP contribution in [0.1, 0.15) is 5.69 Å². The molecule has 0 bridgehead atoms. The molecule has 0 saturated carbocycles. The summed E-state index contributed by atoms with van der Waals surface area (Å²) < 4.78 is 28.0. The van der Waals surface area contributed by atoms with Crippen LogP contribution in [-0.2, 0) is 9.84 Å². The molecule has 0 aliphatic carbocycles. The van der Waals surface area contributed by atoms with Crippen LogP contribution in [0.25, 0.3) is 10.8 Å². The zero-order chi connectivity index (χ0) is 16.3. The third-order valence-corrected chi connectivity index (χ3v) is 4.24. The molecule has 0 aliphatic heterocycles. The van der Waals surface area contributed by atoms with E-state index in [1.165, 1.54) is 13.4 Å². The highest BCUT2D eigenvalue weighted by molar-refractivity contribution is 7.90. The number of fused-ring (bicyclic) bond motifs is 1. The van der Waals surface area contributed by atoms with Gasteiger partial charge in [0.15, 0.2) is 11.4 Å². The molecule has 0 radical (unpaired) electrons. The van der Waals surface area contributed by atoms with Crippen molar-refractivity contribution in [2.45, 2.75) is 0 Å². The van der Waals surface area contributed by atoms with Crippen LogP contribution in [-0.4, -0.2) is 46.1 Å². The molecular weight excluding hydrogens is 302 g/mol. The first-order valence-electron chi connectivity index (χ1n) is 6.63. The number of nitrogens with zero attached hydrogens (tertiary/aromatic N) is 3. The lowest BCUT2D eigenvalue weighted by Crippen LogP contribution is -2.26. The fourth-order valence-corrected chi connectivity index (χ4v) is 2.81. The second-order valence-corrected chi connectivity index (χ2v) is 7.29. The molecule has 1 heterocycles. The van der Waals surface area contributed by atoms with Gasteiger partial charge in [0, 0.05) is 30.6 Å². The summed E-state index contributed by atoms with van der Waals surface area (Å²) in [6, 6.07) is 9.47. The number of benzene rings is 1. The van der Waals surface area contributed by atoms with Crippen LogP contribution in [0.3, 0.4) is 0 Å². The summed E-state index contributed by atoms with van der Waals surface area (Å²) in [5.74, 6) is 1.02. The fraction of sp³-hybridized carbons (Fsp3) is 0.333. The van der Waals surface area contributed by atoms with E-state index in [9.17, 15) is 13.7 Å². The van der Waals surface area contributed by atoms with Gasteiger partial charge in [-0.15, -0.1) is 0 Å². The van der Waals surface area contributed by atoms with E-state index in [1.54, 1.807) is 11.9 Å². The van der Waals surface area contributed by atoms with Gasteiger partial charge in [-0.05, 0) is 0 Å². The lowest BCUT2D eigenvalue weighted by atomic mass is 10.1. The molecule has 1 aromatic carbocycles. The molecule has 0 fully saturated rings. The number of aromatic nitrogens is 1. The SMILES string of the molecule is COc1c(C#N)nc(N(C)CCS(C)(=O)=O)c2ccccc12. The Balaban J connectivity index is 2.57. The first-order valence-corrected chi connectivity index (χ1v) is 8.69. The van der Waals surface area contributed by atoms with Crippen LogP contribution in [0.5, 0.6) is 5.75 Å². The number of sulfone groups is 1. The Bertz CT molecular complexity index is 841. The maximum absolute atomic E-state index is 11.3. The molecule has 0 atom stereocenters. The maximum Gasteiger partial charge on any atom is 0.185 e. The topological polar surface area (TPSA) is 83.3 Å². The molecule has 0 unspecified atom stereocenters. The summed E-state index contributed by atoms with van der Waals surface area (Å²) in [7, 11) is 0.187. The quantitative estimate of drug-likeness (QED) is 0.832. The van der Waals surface area contributed by atoms with Crippen LogP contribution in [0.2, 0.25) is 0 Å². The molecule has 1 aromatic heterocycles. The van der Waals surface area contributed by atoms with Crippen molar-refractivity contribution in [2.75, 3.05) is 37.6 Å². The monoisotopic (exact) mass is 319 g/mol. The van der Waals surface area contributed by atoms with E-state index in [0.717, 1.165) is 10.8 Å². The van der Waals surface area contributed by atoms with Crippen LogP contribution in [0.4, 0.5) is 5.82 Å². The van der Waals surface area contributed by atoms with Crippen molar-refractivity contribution in [1.29, 1.82) is 5.26 Å². The van der Waals surface area contributed by atoms with Gasteiger partial charge in [-0.3, -0.25) is 0 Å².